The van der Waals surface area contributed by atoms with Crippen LogP contribution < -0.4 is 0 Å². The molecule has 48 heavy (non-hydrogen) atoms. The van der Waals surface area contributed by atoms with Crippen molar-refractivity contribution in [3.05, 3.63) is 48.6 Å². The van der Waals surface area contributed by atoms with Crippen LogP contribution in [-0.4, -0.2) is 37.2 Å². The van der Waals surface area contributed by atoms with Crippen LogP contribution in [0.15, 0.2) is 48.6 Å². The van der Waals surface area contributed by atoms with E-state index in [4.69, 9.17) is 14.2 Å². The first-order chi connectivity index (χ1) is 23.5. The number of hydrogen-bond donors (Lipinski definition) is 0. The molecule has 0 rings (SSSR count). The molecule has 0 fully saturated rings. The highest BCUT2D eigenvalue weighted by molar-refractivity contribution is 5.71. The molecule has 0 aromatic heterocycles. The fraction of sp³-hybridized carbons (Fsp3) is 0.738. The molecule has 0 aliphatic rings. The molecule has 276 valence electrons. The summed E-state index contributed by atoms with van der Waals surface area (Å²) < 4.78 is 16.4. The maximum absolute atomic E-state index is 12.6. The topological polar surface area (TPSA) is 78.9 Å². The predicted octanol–water partition coefficient (Wildman–Crippen LogP) is 12.0. The van der Waals surface area contributed by atoms with E-state index in [0.717, 1.165) is 70.6 Å². The normalized spacial score (nSPS) is 12.5. The van der Waals surface area contributed by atoms with E-state index in [2.05, 4.69) is 57.2 Å². The molecular formula is C42H72O6. The Morgan fingerprint density at radius 2 is 0.812 bits per heavy atom. The van der Waals surface area contributed by atoms with Gasteiger partial charge in [-0.3, -0.25) is 14.4 Å². The number of hydrogen-bond acceptors (Lipinski definition) is 6. The smallest absolute Gasteiger partial charge is 0.306 e. The molecule has 6 heteroatoms. The van der Waals surface area contributed by atoms with Crippen molar-refractivity contribution in [3.63, 3.8) is 0 Å². The van der Waals surface area contributed by atoms with Gasteiger partial charge in [0.25, 0.3) is 0 Å². The maximum Gasteiger partial charge on any atom is 0.306 e. The monoisotopic (exact) mass is 673 g/mol. The molecule has 0 bridgehead atoms. The number of allylic oxidation sites excluding steroid dienone is 8. The van der Waals surface area contributed by atoms with E-state index in [9.17, 15) is 14.4 Å². The van der Waals surface area contributed by atoms with Crippen LogP contribution in [0.5, 0.6) is 0 Å². The van der Waals surface area contributed by atoms with Crippen LogP contribution in [0.4, 0.5) is 0 Å². The van der Waals surface area contributed by atoms with Crippen molar-refractivity contribution in [1.82, 2.24) is 0 Å². The number of rotatable bonds is 34. The van der Waals surface area contributed by atoms with Crippen molar-refractivity contribution in [3.8, 4) is 0 Å². The number of ether oxygens (including phenoxy) is 3. The van der Waals surface area contributed by atoms with Crippen molar-refractivity contribution in [2.45, 2.75) is 187 Å². The molecule has 0 amide bonds. The SMILES string of the molecule is CC/C=C\C/C=C\C/C=C\C/C=C\CCC(=O)OCC(COC(=O)CCCCCCC)OC(=O)CCCCCCCCCCCCCC. The van der Waals surface area contributed by atoms with E-state index in [1.807, 2.05) is 12.2 Å². The summed E-state index contributed by atoms with van der Waals surface area (Å²) in [7, 11) is 0. The van der Waals surface area contributed by atoms with Gasteiger partial charge in [0.1, 0.15) is 13.2 Å². The molecule has 0 heterocycles. The largest absolute Gasteiger partial charge is 0.462 e. The highest BCUT2D eigenvalue weighted by atomic mass is 16.6. The van der Waals surface area contributed by atoms with Crippen LogP contribution >= 0.6 is 0 Å². The lowest BCUT2D eigenvalue weighted by atomic mass is 10.0. The molecule has 0 radical (unpaired) electrons. The zero-order chi connectivity index (χ0) is 35.2. The second-order valence-corrected chi connectivity index (χ2v) is 12.8. The maximum atomic E-state index is 12.6. The Kier molecular flexibility index (Phi) is 35.2. The van der Waals surface area contributed by atoms with Gasteiger partial charge in [0.15, 0.2) is 6.10 Å². The first kappa shape index (κ1) is 45.4. The van der Waals surface area contributed by atoms with Gasteiger partial charge in [0.2, 0.25) is 0 Å². The lowest BCUT2D eigenvalue weighted by molar-refractivity contribution is -0.166. The summed E-state index contributed by atoms with van der Waals surface area (Å²) in [6, 6.07) is 0. The Bertz CT molecular complexity index is 871. The van der Waals surface area contributed by atoms with Crippen LogP contribution in [0.3, 0.4) is 0 Å². The van der Waals surface area contributed by atoms with Crippen molar-refractivity contribution in [1.29, 1.82) is 0 Å². The highest BCUT2D eigenvalue weighted by Gasteiger charge is 2.19. The summed E-state index contributed by atoms with van der Waals surface area (Å²) in [6.45, 7) is 6.34. The van der Waals surface area contributed by atoms with Gasteiger partial charge < -0.3 is 14.2 Å². The molecule has 1 unspecified atom stereocenters. The molecule has 0 saturated heterocycles. The Balaban J connectivity index is 4.40. The molecule has 0 aromatic rings. The predicted molar refractivity (Wildman–Crippen MR) is 201 cm³/mol. The van der Waals surface area contributed by atoms with Gasteiger partial charge >= 0.3 is 17.9 Å². The molecule has 1 atom stereocenters. The lowest BCUT2D eigenvalue weighted by Gasteiger charge is -2.18. The van der Waals surface area contributed by atoms with Gasteiger partial charge in [-0.2, -0.15) is 0 Å². The van der Waals surface area contributed by atoms with Gasteiger partial charge in [-0.15, -0.1) is 0 Å². The van der Waals surface area contributed by atoms with Gasteiger partial charge in [-0.05, 0) is 44.9 Å². The zero-order valence-corrected chi connectivity index (χ0v) is 31.2. The summed E-state index contributed by atoms with van der Waals surface area (Å²) >= 11 is 0. The van der Waals surface area contributed by atoms with E-state index in [0.29, 0.717) is 19.3 Å². The summed E-state index contributed by atoms with van der Waals surface area (Å²) in [6.07, 6.45) is 41.3. The zero-order valence-electron chi connectivity index (χ0n) is 31.2. The van der Waals surface area contributed by atoms with Crippen molar-refractivity contribution >= 4 is 17.9 Å². The summed E-state index contributed by atoms with van der Waals surface area (Å²) in [5.74, 6) is -1.00. The molecular weight excluding hydrogens is 600 g/mol. The van der Waals surface area contributed by atoms with E-state index in [1.54, 1.807) is 0 Å². The number of esters is 3. The molecule has 0 aliphatic carbocycles. The molecule has 6 nitrogen and oxygen atoms in total. The Morgan fingerprint density at radius 1 is 0.438 bits per heavy atom. The molecule has 0 saturated carbocycles. The quantitative estimate of drug-likeness (QED) is 0.0293. The first-order valence-electron chi connectivity index (χ1n) is 19.6. The van der Waals surface area contributed by atoms with E-state index >= 15 is 0 Å². The minimum Gasteiger partial charge on any atom is -0.462 e. The van der Waals surface area contributed by atoms with Crippen molar-refractivity contribution < 1.29 is 28.6 Å². The van der Waals surface area contributed by atoms with Crippen LogP contribution in [0.2, 0.25) is 0 Å². The fourth-order valence-electron chi connectivity index (χ4n) is 5.16. The molecule has 0 aliphatic heterocycles. The van der Waals surface area contributed by atoms with E-state index in [1.165, 1.54) is 64.2 Å². The third kappa shape index (κ3) is 34.7. The first-order valence-corrected chi connectivity index (χ1v) is 19.6. The third-order valence-electron chi connectivity index (χ3n) is 8.11. The number of carbonyl (C=O) groups excluding carboxylic acids is 3. The Hall–Kier alpha value is -2.63. The number of carbonyl (C=O) groups is 3. The van der Waals surface area contributed by atoms with Crippen LogP contribution in [-0.2, 0) is 28.6 Å². The second kappa shape index (κ2) is 37.2. The van der Waals surface area contributed by atoms with Gasteiger partial charge in [0.05, 0.1) is 0 Å². The minimum atomic E-state index is -0.791. The Labute approximate surface area is 295 Å². The van der Waals surface area contributed by atoms with Crippen molar-refractivity contribution in [2.75, 3.05) is 13.2 Å². The van der Waals surface area contributed by atoms with Gasteiger partial charge in [0, 0.05) is 19.3 Å². The molecule has 0 N–H and O–H groups in total. The second-order valence-electron chi connectivity index (χ2n) is 12.8. The summed E-state index contributed by atoms with van der Waals surface area (Å²) in [4.78, 5) is 37.2. The van der Waals surface area contributed by atoms with E-state index in [-0.39, 0.29) is 37.5 Å². The summed E-state index contributed by atoms with van der Waals surface area (Å²) in [5, 5.41) is 0. The van der Waals surface area contributed by atoms with Crippen molar-refractivity contribution in [2.24, 2.45) is 0 Å². The van der Waals surface area contributed by atoms with Gasteiger partial charge in [-0.25, -0.2) is 0 Å². The minimum absolute atomic E-state index is 0.0951. The van der Waals surface area contributed by atoms with Crippen LogP contribution in [0.25, 0.3) is 0 Å². The van der Waals surface area contributed by atoms with Crippen LogP contribution in [0.1, 0.15) is 181 Å². The van der Waals surface area contributed by atoms with Gasteiger partial charge in [-0.1, -0.05) is 166 Å². The number of unbranched alkanes of at least 4 members (excludes halogenated alkanes) is 15. The Morgan fingerprint density at radius 3 is 1.27 bits per heavy atom. The average Bonchev–Trinajstić information content (AvgIpc) is 3.08. The highest BCUT2D eigenvalue weighted by Crippen LogP contribution is 2.13. The average molecular weight is 673 g/mol. The third-order valence-corrected chi connectivity index (χ3v) is 8.11. The summed E-state index contributed by atoms with van der Waals surface area (Å²) in [5.41, 5.74) is 0. The fourth-order valence-corrected chi connectivity index (χ4v) is 5.16. The lowest BCUT2D eigenvalue weighted by Crippen LogP contribution is -2.30. The van der Waals surface area contributed by atoms with E-state index < -0.39 is 6.10 Å². The molecule has 0 spiro atoms. The standard InChI is InChI=1S/C42H72O6/c1-4-7-10-13-15-17-19-21-23-24-26-29-32-35-41(44)47-38-39(37-46-40(43)34-31-28-12-9-6-3)48-42(45)36-33-30-27-25-22-20-18-16-14-11-8-5-2/h7,10,15,17,21,23,26,29,39H,4-6,8-9,11-14,16,18-20,22,24-25,27-28,30-38H2,1-3H3/b10-7-,17-15-,23-21-,29-26-. The molecule has 0 aromatic carbocycles. The van der Waals surface area contributed by atoms with Crippen LogP contribution in [0, 0.1) is 0 Å².